The summed E-state index contributed by atoms with van der Waals surface area (Å²) in [6.07, 6.45) is 5.68. The second kappa shape index (κ2) is 8.17. The Hall–Kier alpha value is -1.37. The van der Waals surface area contributed by atoms with Gasteiger partial charge in [-0.15, -0.1) is 11.8 Å². The lowest BCUT2D eigenvalue weighted by atomic mass is 10.2. The largest absolute Gasteiger partial charge is 0.335 e. The van der Waals surface area contributed by atoms with Crippen LogP contribution in [0.2, 0.25) is 0 Å². The first-order chi connectivity index (χ1) is 10.2. The van der Waals surface area contributed by atoms with Crippen molar-refractivity contribution in [3.05, 3.63) is 48.3 Å². The number of thioether (sulfide) groups is 1. The van der Waals surface area contributed by atoms with Gasteiger partial charge in [0.05, 0.1) is 0 Å². The van der Waals surface area contributed by atoms with Crippen LogP contribution in [0.25, 0.3) is 0 Å². The van der Waals surface area contributed by atoms with E-state index in [-0.39, 0.29) is 11.9 Å². The van der Waals surface area contributed by atoms with E-state index in [9.17, 15) is 4.39 Å². The highest BCUT2D eigenvalue weighted by molar-refractivity contribution is 7.99. The highest BCUT2D eigenvalue weighted by Gasteiger charge is 2.12. The molecule has 114 valence electrons. The number of hydrogen-bond donors (Lipinski definition) is 2. The maximum absolute atomic E-state index is 12.9. The summed E-state index contributed by atoms with van der Waals surface area (Å²) in [6, 6.07) is 6.64. The third-order valence-corrected chi connectivity index (χ3v) is 4.37. The van der Waals surface area contributed by atoms with Crippen LogP contribution < -0.4 is 11.3 Å². The van der Waals surface area contributed by atoms with Crippen LogP contribution in [0, 0.1) is 5.82 Å². The van der Waals surface area contributed by atoms with Gasteiger partial charge < -0.3 is 4.57 Å². The normalized spacial score (nSPS) is 12.5. The first-order valence-electron chi connectivity index (χ1n) is 7.07. The van der Waals surface area contributed by atoms with Gasteiger partial charge in [-0.05, 0) is 30.7 Å². The molecule has 2 rings (SSSR count). The van der Waals surface area contributed by atoms with Crippen molar-refractivity contribution in [1.29, 1.82) is 0 Å². The lowest BCUT2D eigenvalue weighted by molar-refractivity contribution is 0.535. The Balaban J connectivity index is 1.90. The number of hydrogen-bond acceptors (Lipinski definition) is 4. The number of halogens is 1. The molecule has 6 heteroatoms. The number of nitrogens with two attached hydrogens (primary N) is 1. The summed E-state index contributed by atoms with van der Waals surface area (Å²) in [5, 5.41) is 0. The number of aryl methyl sites for hydroxylation is 1. The molecule has 0 saturated carbocycles. The van der Waals surface area contributed by atoms with Gasteiger partial charge in [-0.25, -0.2) is 9.37 Å². The molecule has 0 amide bonds. The number of benzene rings is 1. The molecule has 0 aliphatic rings. The molecular weight excluding hydrogens is 287 g/mol. The van der Waals surface area contributed by atoms with Crippen LogP contribution in [0.3, 0.4) is 0 Å². The first-order valence-corrected chi connectivity index (χ1v) is 8.06. The van der Waals surface area contributed by atoms with Crippen molar-refractivity contribution in [2.75, 3.05) is 5.75 Å². The molecule has 0 spiro atoms. The van der Waals surface area contributed by atoms with Crippen LogP contribution in [0.4, 0.5) is 4.39 Å². The van der Waals surface area contributed by atoms with Crippen molar-refractivity contribution >= 4 is 11.8 Å². The molecule has 1 aromatic carbocycles. The van der Waals surface area contributed by atoms with Crippen LogP contribution in [0.15, 0.2) is 41.6 Å². The average molecular weight is 308 g/mol. The monoisotopic (exact) mass is 308 g/mol. The fourth-order valence-corrected chi connectivity index (χ4v) is 3.02. The molecule has 3 N–H and O–H groups in total. The van der Waals surface area contributed by atoms with Crippen molar-refractivity contribution in [2.45, 2.75) is 37.2 Å². The molecule has 0 aliphatic heterocycles. The average Bonchev–Trinajstić information content (AvgIpc) is 2.92. The summed E-state index contributed by atoms with van der Waals surface area (Å²) in [5.41, 5.74) is 2.84. The summed E-state index contributed by atoms with van der Waals surface area (Å²) in [7, 11) is 0. The SMILES string of the molecule is CCCn1ccnc1CC(CSc1ccc(F)cc1)NN. The fraction of sp³-hybridized carbons (Fsp3) is 0.400. The van der Waals surface area contributed by atoms with E-state index in [2.05, 4.69) is 21.9 Å². The molecule has 0 radical (unpaired) electrons. The Morgan fingerprint density at radius 1 is 1.38 bits per heavy atom. The summed E-state index contributed by atoms with van der Waals surface area (Å²) in [5.74, 6) is 7.28. The molecule has 1 unspecified atom stereocenters. The molecule has 0 aliphatic carbocycles. The Labute approximate surface area is 128 Å². The van der Waals surface area contributed by atoms with Gasteiger partial charge in [0.2, 0.25) is 0 Å². The highest BCUT2D eigenvalue weighted by atomic mass is 32.2. The van der Waals surface area contributed by atoms with Crippen molar-refractivity contribution < 1.29 is 4.39 Å². The molecule has 4 nitrogen and oxygen atoms in total. The predicted octanol–water partition coefficient (Wildman–Crippen LogP) is 2.60. The van der Waals surface area contributed by atoms with Gasteiger partial charge in [0.25, 0.3) is 0 Å². The molecule has 0 bridgehead atoms. The second-order valence-corrected chi connectivity index (χ2v) is 5.96. The van der Waals surface area contributed by atoms with Gasteiger partial charge >= 0.3 is 0 Å². The fourth-order valence-electron chi connectivity index (χ4n) is 2.09. The number of nitrogens with one attached hydrogen (secondary N) is 1. The number of nitrogens with zero attached hydrogens (tertiary/aromatic N) is 2. The first kappa shape index (κ1) is 16.0. The Morgan fingerprint density at radius 3 is 2.81 bits per heavy atom. The van der Waals surface area contributed by atoms with Crippen molar-refractivity contribution in [3.63, 3.8) is 0 Å². The van der Waals surface area contributed by atoms with Crippen molar-refractivity contribution in [1.82, 2.24) is 15.0 Å². The predicted molar refractivity (Wildman–Crippen MR) is 84.5 cm³/mol. The number of aromatic nitrogens is 2. The lowest BCUT2D eigenvalue weighted by Crippen LogP contribution is -2.39. The third kappa shape index (κ3) is 4.84. The zero-order chi connectivity index (χ0) is 15.1. The Morgan fingerprint density at radius 2 is 2.14 bits per heavy atom. The Kier molecular flexibility index (Phi) is 6.22. The van der Waals surface area contributed by atoms with Crippen molar-refractivity contribution in [2.24, 2.45) is 5.84 Å². The van der Waals surface area contributed by atoms with E-state index < -0.39 is 0 Å². The quantitative estimate of drug-likeness (QED) is 0.447. The minimum absolute atomic E-state index is 0.123. The van der Waals surface area contributed by atoms with E-state index in [0.717, 1.165) is 35.9 Å². The number of imidazole rings is 1. The summed E-state index contributed by atoms with van der Waals surface area (Å²) >= 11 is 1.66. The Bertz CT molecular complexity index is 541. The smallest absolute Gasteiger partial charge is 0.123 e. The van der Waals surface area contributed by atoms with Gasteiger partial charge in [-0.3, -0.25) is 11.3 Å². The van der Waals surface area contributed by atoms with E-state index in [4.69, 9.17) is 5.84 Å². The minimum Gasteiger partial charge on any atom is -0.335 e. The minimum atomic E-state index is -0.213. The number of rotatable bonds is 8. The van der Waals surface area contributed by atoms with E-state index in [0.29, 0.717) is 0 Å². The highest BCUT2D eigenvalue weighted by Crippen LogP contribution is 2.19. The van der Waals surface area contributed by atoms with Crippen LogP contribution >= 0.6 is 11.8 Å². The van der Waals surface area contributed by atoms with Crippen LogP contribution in [0.1, 0.15) is 19.2 Å². The van der Waals surface area contributed by atoms with Gasteiger partial charge in [0, 0.05) is 42.0 Å². The summed E-state index contributed by atoms with van der Waals surface area (Å²) < 4.78 is 15.0. The molecule has 0 fully saturated rings. The molecule has 0 saturated heterocycles. The second-order valence-electron chi connectivity index (χ2n) is 4.87. The zero-order valence-corrected chi connectivity index (χ0v) is 12.9. The van der Waals surface area contributed by atoms with Crippen molar-refractivity contribution in [3.8, 4) is 0 Å². The van der Waals surface area contributed by atoms with Gasteiger partial charge in [0.1, 0.15) is 11.6 Å². The third-order valence-electron chi connectivity index (χ3n) is 3.20. The molecule has 1 atom stereocenters. The van der Waals surface area contributed by atoms with Crippen LogP contribution in [0.5, 0.6) is 0 Å². The van der Waals surface area contributed by atoms with E-state index in [1.54, 1.807) is 23.9 Å². The summed E-state index contributed by atoms with van der Waals surface area (Å²) in [6.45, 7) is 3.12. The lowest BCUT2D eigenvalue weighted by Gasteiger charge is -2.16. The summed E-state index contributed by atoms with van der Waals surface area (Å²) in [4.78, 5) is 5.43. The molecule has 1 aromatic heterocycles. The van der Waals surface area contributed by atoms with Gasteiger partial charge in [-0.2, -0.15) is 0 Å². The van der Waals surface area contributed by atoms with E-state index >= 15 is 0 Å². The molecular formula is C15H21FN4S. The number of hydrazine groups is 1. The van der Waals surface area contributed by atoms with E-state index in [1.807, 2.05) is 12.4 Å². The zero-order valence-electron chi connectivity index (χ0n) is 12.1. The van der Waals surface area contributed by atoms with Crippen LogP contribution in [-0.4, -0.2) is 21.3 Å². The molecule has 2 aromatic rings. The van der Waals surface area contributed by atoms with Gasteiger partial charge in [0.15, 0.2) is 0 Å². The van der Waals surface area contributed by atoms with E-state index in [1.165, 1.54) is 12.1 Å². The standard InChI is InChI=1S/C15H21FN4S/c1-2-8-20-9-7-18-15(20)10-13(19-17)11-21-14-5-3-12(16)4-6-14/h3-7,9,13,19H,2,8,10-11,17H2,1H3. The molecule has 21 heavy (non-hydrogen) atoms. The maximum Gasteiger partial charge on any atom is 0.123 e. The van der Waals surface area contributed by atoms with Crippen LogP contribution in [-0.2, 0) is 13.0 Å². The van der Waals surface area contributed by atoms with Gasteiger partial charge in [-0.1, -0.05) is 6.92 Å². The topological polar surface area (TPSA) is 55.9 Å². The molecule has 1 heterocycles. The maximum atomic E-state index is 12.9.